The van der Waals surface area contributed by atoms with E-state index in [0.717, 1.165) is 30.1 Å². The van der Waals surface area contributed by atoms with E-state index in [1.807, 2.05) is 30.3 Å². The van der Waals surface area contributed by atoms with Crippen molar-refractivity contribution in [3.63, 3.8) is 0 Å². The number of benzene rings is 1. The molecule has 116 valence electrons. The summed E-state index contributed by atoms with van der Waals surface area (Å²) in [6.45, 7) is 6.40. The van der Waals surface area contributed by atoms with Crippen molar-refractivity contribution >= 4 is 0 Å². The first kappa shape index (κ1) is 16.1. The summed E-state index contributed by atoms with van der Waals surface area (Å²) in [5, 5.41) is 12.0. The lowest BCUT2D eigenvalue weighted by Gasteiger charge is -2.12. The third kappa shape index (κ3) is 4.94. The summed E-state index contributed by atoms with van der Waals surface area (Å²) in [5.74, 6) is 2.66. The van der Waals surface area contributed by atoms with Gasteiger partial charge in [-0.05, 0) is 30.5 Å². The Bertz CT molecular complexity index is 626. The summed E-state index contributed by atoms with van der Waals surface area (Å²) in [6.07, 6.45) is 1.05. The van der Waals surface area contributed by atoms with E-state index in [-0.39, 0.29) is 0 Å². The van der Waals surface area contributed by atoms with Crippen molar-refractivity contribution < 1.29 is 9.15 Å². The van der Waals surface area contributed by atoms with Crippen molar-refractivity contribution in [2.24, 2.45) is 5.92 Å². The van der Waals surface area contributed by atoms with Crippen LogP contribution < -0.4 is 10.1 Å². The van der Waals surface area contributed by atoms with Crippen molar-refractivity contribution in [1.82, 2.24) is 5.32 Å². The fraction of sp³-hybridized carbons (Fsp3) is 0.389. The first-order chi connectivity index (χ1) is 10.7. The second kappa shape index (κ2) is 8.26. The van der Waals surface area contributed by atoms with Crippen molar-refractivity contribution in [2.75, 3.05) is 6.61 Å². The van der Waals surface area contributed by atoms with E-state index in [9.17, 15) is 0 Å². The molecular weight excluding hydrogens is 276 g/mol. The normalized spacial score (nSPS) is 10.6. The van der Waals surface area contributed by atoms with Crippen molar-refractivity contribution in [2.45, 2.75) is 33.4 Å². The molecule has 1 aromatic heterocycles. The number of furan rings is 1. The van der Waals surface area contributed by atoms with E-state index in [1.54, 1.807) is 6.07 Å². The maximum Gasteiger partial charge on any atom is 0.203 e. The Hall–Kier alpha value is -2.25. The van der Waals surface area contributed by atoms with Crippen LogP contribution in [0.1, 0.15) is 37.4 Å². The zero-order chi connectivity index (χ0) is 15.8. The van der Waals surface area contributed by atoms with Crippen LogP contribution in [0.4, 0.5) is 0 Å². The molecule has 0 radical (unpaired) electrons. The number of hydrogen-bond donors (Lipinski definition) is 1. The Labute approximate surface area is 131 Å². The number of para-hydroxylation sites is 1. The molecule has 0 aliphatic carbocycles. The molecule has 0 bridgehead atoms. The molecule has 1 aromatic carbocycles. The van der Waals surface area contributed by atoms with E-state index < -0.39 is 0 Å². The number of nitriles is 1. The minimum absolute atomic E-state index is 0.342. The molecule has 1 N–H and O–H groups in total. The summed E-state index contributed by atoms with van der Waals surface area (Å²) in [7, 11) is 0. The van der Waals surface area contributed by atoms with Gasteiger partial charge < -0.3 is 14.5 Å². The standard InChI is InChI=1S/C18H22N2O2/c1-14(2)9-10-21-18-6-4-3-5-15(18)12-20-13-17-8-7-16(11-19)22-17/h3-8,14,20H,9-10,12-13H2,1-2H3. The molecule has 1 heterocycles. The molecular formula is C18H22N2O2. The van der Waals surface area contributed by atoms with Crippen LogP contribution in [0, 0.1) is 17.2 Å². The third-order valence-electron chi connectivity index (χ3n) is 3.31. The molecule has 0 saturated carbocycles. The SMILES string of the molecule is CC(C)CCOc1ccccc1CNCc1ccc(C#N)o1. The molecule has 0 amide bonds. The van der Waals surface area contributed by atoms with Gasteiger partial charge in [0.15, 0.2) is 0 Å². The van der Waals surface area contributed by atoms with Gasteiger partial charge in [0.25, 0.3) is 0 Å². The molecule has 0 aliphatic rings. The van der Waals surface area contributed by atoms with Crippen LogP contribution in [0.3, 0.4) is 0 Å². The van der Waals surface area contributed by atoms with Gasteiger partial charge in [-0.1, -0.05) is 32.0 Å². The van der Waals surface area contributed by atoms with Crippen LogP contribution in [-0.2, 0) is 13.1 Å². The predicted molar refractivity (Wildman–Crippen MR) is 85.4 cm³/mol. The Balaban J connectivity index is 1.85. The Morgan fingerprint density at radius 2 is 2.00 bits per heavy atom. The van der Waals surface area contributed by atoms with Crippen LogP contribution in [0.25, 0.3) is 0 Å². The van der Waals surface area contributed by atoms with Gasteiger partial charge in [-0.2, -0.15) is 5.26 Å². The molecule has 2 rings (SSSR count). The van der Waals surface area contributed by atoms with E-state index >= 15 is 0 Å². The van der Waals surface area contributed by atoms with Crippen LogP contribution in [0.15, 0.2) is 40.8 Å². The van der Waals surface area contributed by atoms with Crippen LogP contribution in [0.2, 0.25) is 0 Å². The summed E-state index contributed by atoms with van der Waals surface area (Å²) in [5.41, 5.74) is 1.12. The lowest BCUT2D eigenvalue weighted by Crippen LogP contribution is -2.13. The van der Waals surface area contributed by atoms with E-state index in [2.05, 4.69) is 25.2 Å². The molecule has 0 fully saturated rings. The zero-order valence-corrected chi connectivity index (χ0v) is 13.1. The first-order valence-corrected chi connectivity index (χ1v) is 7.59. The van der Waals surface area contributed by atoms with E-state index in [0.29, 0.717) is 24.8 Å². The maximum atomic E-state index is 8.73. The smallest absolute Gasteiger partial charge is 0.203 e. The van der Waals surface area contributed by atoms with Gasteiger partial charge in [-0.15, -0.1) is 0 Å². The van der Waals surface area contributed by atoms with Gasteiger partial charge >= 0.3 is 0 Å². The number of ether oxygens (including phenoxy) is 1. The molecule has 0 aliphatic heterocycles. The molecule has 4 heteroatoms. The van der Waals surface area contributed by atoms with Gasteiger partial charge in [0.2, 0.25) is 5.76 Å². The molecule has 0 saturated heterocycles. The largest absolute Gasteiger partial charge is 0.493 e. The minimum Gasteiger partial charge on any atom is -0.493 e. The van der Waals surface area contributed by atoms with Gasteiger partial charge in [-0.25, -0.2) is 0 Å². The monoisotopic (exact) mass is 298 g/mol. The molecule has 4 nitrogen and oxygen atoms in total. The highest BCUT2D eigenvalue weighted by molar-refractivity contribution is 5.33. The van der Waals surface area contributed by atoms with Crippen LogP contribution >= 0.6 is 0 Å². The summed E-state index contributed by atoms with van der Waals surface area (Å²) >= 11 is 0. The fourth-order valence-corrected chi connectivity index (χ4v) is 2.05. The molecule has 0 spiro atoms. The number of nitrogens with one attached hydrogen (secondary N) is 1. The van der Waals surface area contributed by atoms with Crippen molar-refractivity contribution in [3.05, 3.63) is 53.5 Å². The quantitative estimate of drug-likeness (QED) is 0.804. The lowest BCUT2D eigenvalue weighted by molar-refractivity contribution is 0.286. The first-order valence-electron chi connectivity index (χ1n) is 7.59. The summed E-state index contributed by atoms with van der Waals surface area (Å²) in [4.78, 5) is 0. The van der Waals surface area contributed by atoms with Crippen LogP contribution in [-0.4, -0.2) is 6.61 Å². The second-order valence-electron chi connectivity index (χ2n) is 5.62. The van der Waals surface area contributed by atoms with Gasteiger partial charge in [0.1, 0.15) is 17.6 Å². The highest BCUT2D eigenvalue weighted by Gasteiger charge is 2.05. The molecule has 2 aromatic rings. The summed E-state index contributed by atoms with van der Waals surface area (Å²) in [6, 6.07) is 13.5. The highest BCUT2D eigenvalue weighted by atomic mass is 16.5. The minimum atomic E-state index is 0.342. The topological polar surface area (TPSA) is 58.2 Å². The fourth-order valence-electron chi connectivity index (χ4n) is 2.05. The van der Waals surface area contributed by atoms with Crippen molar-refractivity contribution in [1.29, 1.82) is 5.26 Å². The predicted octanol–water partition coefficient (Wildman–Crippen LogP) is 3.87. The number of nitrogens with zero attached hydrogens (tertiary/aromatic N) is 1. The van der Waals surface area contributed by atoms with E-state index in [4.69, 9.17) is 14.4 Å². The van der Waals surface area contributed by atoms with Gasteiger partial charge in [0.05, 0.1) is 13.2 Å². The van der Waals surface area contributed by atoms with Gasteiger partial charge in [0, 0.05) is 12.1 Å². The van der Waals surface area contributed by atoms with Gasteiger partial charge in [-0.3, -0.25) is 0 Å². The Kier molecular flexibility index (Phi) is 6.05. The highest BCUT2D eigenvalue weighted by Crippen LogP contribution is 2.18. The average Bonchev–Trinajstić information content (AvgIpc) is 2.96. The Morgan fingerprint density at radius 1 is 1.18 bits per heavy atom. The third-order valence-corrected chi connectivity index (χ3v) is 3.31. The zero-order valence-electron chi connectivity index (χ0n) is 13.1. The average molecular weight is 298 g/mol. The maximum absolute atomic E-state index is 8.73. The number of rotatable bonds is 8. The molecule has 22 heavy (non-hydrogen) atoms. The second-order valence-corrected chi connectivity index (χ2v) is 5.62. The summed E-state index contributed by atoms with van der Waals surface area (Å²) < 4.78 is 11.2. The lowest BCUT2D eigenvalue weighted by atomic mass is 10.1. The van der Waals surface area contributed by atoms with Crippen molar-refractivity contribution in [3.8, 4) is 11.8 Å². The van der Waals surface area contributed by atoms with E-state index in [1.165, 1.54) is 0 Å². The number of hydrogen-bond acceptors (Lipinski definition) is 4. The molecule has 0 atom stereocenters. The van der Waals surface area contributed by atoms with Crippen LogP contribution in [0.5, 0.6) is 5.75 Å². The molecule has 0 unspecified atom stereocenters. The Morgan fingerprint density at radius 3 is 2.73 bits per heavy atom.